The zero-order valence-electron chi connectivity index (χ0n) is 10.7. The van der Waals surface area contributed by atoms with Gasteiger partial charge in [-0.25, -0.2) is 4.39 Å². The third kappa shape index (κ3) is 3.32. The Balaban J connectivity index is 2.38. The molecule has 0 aromatic heterocycles. The van der Waals surface area contributed by atoms with Crippen LogP contribution in [0.2, 0.25) is 5.02 Å². The van der Waals surface area contributed by atoms with Crippen molar-refractivity contribution in [1.29, 1.82) is 0 Å². The third-order valence-corrected chi connectivity index (χ3v) is 3.77. The van der Waals surface area contributed by atoms with Gasteiger partial charge in [-0.15, -0.1) is 0 Å². The molecule has 0 radical (unpaired) electrons. The summed E-state index contributed by atoms with van der Waals surface area (Å²) in [4.78, 5) is 0. The van der Waals surface area contributed by atoms with Gasteiger partial charge in [0.25, 0.3) is 0 Å². The maximum absolute atomic E-state index is 13.5. The number of rotatable bonds is 4. The van der Waals surface area contributed by atoms with Gasteiger partial charge >= 0.3 is 0 Å². The second-order valence-electron chi connectivity index (χ2n) is 4.26. The molecular formula is C15H13BrClFO2. The Morgan fingerprint density at radius 1 is 1.30 bits per heavy atom. The first kappa shape index (κ1) is 15.3. The van der Waals surface area contributed by atoms with Crippen molar-refractivity contribution in [1.82, 2.24) is 0 Å². The van der Waals surface area contributed by atoms with Gasteiger partial charge in [-0.3, -0.25) is 0 Å². The highest BCUT2D eigenvalue weighted by molar-refractivity contribution is 9.10. The molecule has 5 heteroatoms. The zero-order chi connectivity index (χ0) is 14.7. The van der Waals surface area contributed by atoms with Gasteiger partial charge in [-0.05, 0) is 34.5 Å². The number of aliphatic hydroxyl groups is 1. The summed E-state index contributed by atoms with van der Waals surface area (Å²) in [5, 5.41) is 9.99. The SMILES string of the molecule is CC[C@@H](O)c1ccccc1Oc1cc(F)c(Cl)cc1Br. The normalized spacial score (nSPS) is 12.2. The zero-order valence-corrected chi connectivity index (χ0v) is 13.1. The summed E-state index contributed by atoms with van der Waals surface area (Å²) >= 11 is 8.97. The minimum Gasteiger partial charge on any atom is -0.456 e. The van der Waals surface area contributed by atoms with Gasteiger partial charge in [0.05, 0.1) is 15.6 Å². The third-order valence-electron chi connectivity index (χ3n) is 2.86. The fraction of sp³-hybridized carbons (Fsp3) is 0.200. The first-order valence-corrected chi connectivity index (χ1v) is 7.29. The molecule has 0 spiro atoms. The van der Waals surface area contributed by atoms with E-state index in [9.17, 15) is 9.50 Å². The molecule has 2 rings (SSSR count). The van der Waals surface area contributed by atoms with Gasteiger partial charge in [0.2, 0.25) is 0 Å². The lowest BCUT2D eigenvalue weighted by Gasteiger charge is -2.15. The van der Waals surface area contributed by atoms with E-state index in [1.807, 2.05) is 13.0 Å². The molecule has 2 aromatic carbocycles. The van der Waals surface area contributed by atoms with Crippen molar-refractivity contribution in [3.8, 4) is 11.5 Å². The van der Waals surface area contributed by atoms with Crippen LogP contribution in [-0.4, -0.2) is 5.11 Å². The Labute approximate surface area is 130 Å². The fourth-order valence-corrected chi connectivity index (χ4v) is 2.49. The van der Waals surface area contributed by atoms with Crippen LogP contribution in [0, 0.1) is 5.82 Å². The van der Waals surface area contributed by atoms with Crippen molar-refractivity contribution < 1.29 is 14.2 Å². The molecule has 1 atom stereocenters. The molecule has 0 bridgehead atoms. The second kappa shape index (κ2) is 6.57. The largest absolute Gasteiger partial charge is 0.456 e. The Bertz CT molecular complexity index is 619. The van der Waals surface area contributed by atoms with Gasteiger partial charge in [-0.2, -0.15) is 0 Å². The van der Waals surface area contributed by atoms with E-state index < -0.39 is 11.9 Å². The minimum absolute atomic E-state index is 0.0195. The number of hydrogen-bond donors (Lipinski definition) is 1. The van der Waals surface area contributed by atoms with E-state index >= 15 is 0 Å². The standard InChI is InChI=1S/C15H13BrClFO2/c1-2-13(19)9-5-3-4-6-14(9)20-15-8-12(18)11(17)7-10(15)16/h3-8,13,19H,2H2,1H3/t13-/m1/s1. The van der Waals surface area contributed by atoms with Crippen LogP contribution in [0.25, 0.3) is 0 Å². The summed E-state index contributed by atoms with van der Waals surface area (Å²) in [5.74, 6) is 0.241. The topological polar surface area (TPSA) is 29.5 Å². The molecule has 0 fully saturated rings. The molecule has 2 aromatic rings. The van der Waals surface area contributed by atoms with E-state index in [1.54, 1.807) is 18.2 Å². The maximum atomic E-state index is 13.5. The van der Waals surface area contributed by atoms with Crippen molar-refractivity contribution in [2.45, 2.75) is 19.4 Å². The molecule has 106 valence electrons. The number of benzene rings is 2. The quantitative estimate of drug-likeness (QED) is 0.733. The molecule has 0 saturated heterocycles. The molecule has 0 unspecified atom stereocenters. The molecular weight excluding hydrogens is 347 g/mol. The molecule has 0 heterocycles. The van der Waals surface area contributed by atoms with Gasteiger partial charge in [-0.1, -0.05) is 36.7 Å². The number of aliphatic hydroxyl groups excluding tert-OH is 1. The van der Waals surface area contributed by atoms with Crippen molar-refractivity contribution >= 4 is 27.5 Å². The smallest absolute Gasteiger partial charge is 0.145 e. The average molecular weight is 360 g/mol. The summed E-state index contributed by atoms with van der Waals surface area (Å²) in [7, 11) is 0. The van der Waals surface area contributed by atoms with E-state index in [2.05, 4.69) is 15.9 Å². The van der Waals surface area contributed by atoms with Crippen molar-refractivity contribution in [2.75, 3.05) is 0 Å². The van der Waals surface area contributed by atoms with Crippen molar-refractivity contribution in [2.24, 2.45) is 0 Å². The molecule has 20 heavy (non-hydrogen) atoms. The fourth-order valence-electron chi connectivity index (χ4n) is 1.77. The number of hydrogen-bond acceptors (Lipinski definition) is 2. The lowest BCUT2D eigenvalue weighted by atomic mass is 10.1. The van der Waals surface area contributed by atoms with Gasteiger partial charge in [0.15, 0.2) is 0 Å². The van der Waals surface area contributed by atoms with Gasteiger partial charge < -0.3 is 9.84 Å². The number of ether oxygens (including phenoxy) is 1. The summed E-state index contributed by atoms with van der Waals surface area (Å²) in [6.45, 7) is 1.87. The van der Waals surface area contributed by atoms with Crippen LogP contribution in [-0.2, 0) is 0 Å². The average Bonchev–Trinajstić information content (AvgIpc) is 2.44. The van der Waals surface area contributed by atoms with E-state index in [0.29, 0.717) is 28.0 Å². The monoisotopic (exact) mass is 358 g/mol. The summed E-state index contributed by atoms with van der Waals surface area (Å²) in [6.07, 6.45) is -0.0570. The highest BCUT2D eigenvalue weighted by Crippen LogP contribution is 2.36. The van der Waals surface area contributed by atoms with E-state index in [4.69, 9.17) is 16.3 Å². The number of halogens is 3. The highest BCUT2D eigenvalue weighted by Gasteiger charge is 2.14. The maximum Gasteiger partial charge on any atom is 0.145 e. The molecule has 0 aliphatic carbocycles. The van der Waals surface area contributed by atoms with Crippen LogP contribution in [0.1, 0.15) is 25.0 Å². The Hall–Kier alpha value is -1.10. The van der Waals surface area contributed by atoms with E-state index in [0.717, 1.165) is 0 Å². The van der Waals surface area contributed by atoms with Crippen LogP contribution in [0.3, 0.4) is 0 Å². The van der Waals surface area contributed by atoms with Crippen LogP contribution >= 0.6 is 27.5 Å². The lowest BCUT2D eigenvalue weighted by Crippen LogP contribution is -1.99. The Kier molecular flexibility index (Phi) is 5.02. The van der Waals surface area contributed by atoms with Gasteiger partial charge in [0, 0.05) is 11.6 Å². The van der Waals surface area contributed by atoms with Crippen LogP contribution in [0.5, 0.6) is 11.5 Å². The van der Waals surface area contributed by atoms with Crippen molar-refractivity contribution in [3.05, 3.63) is 57.3 Å². The molecule has 0 aliphatic rings. The molecule has 2 nitrogen and oxygen atoms in total. The molecule has 1 N–H and O–H groups in total. The van der Waals surface area contributed by atoms with Crippen LogP contribution < -0.4 is 4.74 Å². The predicted octanol–water partition coefficient (Wildman–Crippen LogP) is 5.48. The Morgan fingerprint density at radius 3 is 2.70 bits per heavy atom. The summed E-state index contributed by atoms with van der Waals surface area (Å²) in [5.41, 5.74) is 0.664. The predicted molar refractivity (Wildman–Crippen MR) is 80.9 cm³/mol. The first-order valence-electron chi connectivity index (χ1n) is 6.12. The van der Waals surface area contributed by atoms with Gasteiger partial charge in [0.1, 0.15) is 17.3 Å². The molecule has 0 aliphatic heterocycles. The lowest BCUT2D eigenvalue weighted by molar-refractivity contribution is 0.170. The molecule has 0 saturated carbocycles. The minimum atomic E-state index is -0.623. The van der Waals surface area contributed by atoms with Crippen molar-refractivity contribution in [3.63, 3.8) is 0 Å². The first-order chi connectivity index (χ1) is 9.52. The summed E-state index contributed by atoms with van der Waals surface area (Å²) < 4.78 is 19.7. The highest BCUT2D eigenvalue weighted by atomic mass is 79.9. The Morgan fingerprint density at radius 2 is 2.00 bits per heavy atom. The van der Waals surface area contributed by atoms with Crippen LogP contribution in [0.4, 0.5) is 4.39 Å². The molecule has 0 amide bonds. The number of para-hydroxylation sites is 1. The summed E-state index contributed by atoms with van der Waals surface area (Å²) in [6, 6.07) is 9.77. The van der Waals surface area contributed by atoms with E-state index in [1.165, 1.54) is 12.1 Å². The second-order valence-corrected chi connectivity index (χ2v) is 5.52. The van der Waals surface area contributed by atoms with Crippen LogP contribution in [0.15, 0.2) is 40.9 Å². The van der Waals surface area contributed by atoms with E-state index in [-0.39, 0.29) is 5.02 Å².